The van der Waals surface area contributed by atoms with Crippen LogP contribution in [-0.4, -0.2) is 49.0 Å². The van der Waals surface area contributed by atoms with E-state index in [-0.39, 0.29) is 0 Å². The molecule has 5 heteroatoms. The van der Waals surface area contributed by atoms with Crippen LogP contribution < -0.4 is 9.47 Å². The summed E-state index contributed by atoms with van der Waals surface area (Å²) in [4.78, 5) is 2.06. The maximum atomic E-state index is 13.1. The van der Waals surface area contributed by atoms with Crippen LogP contribution in [0.25, 0.3) is 0 Å². The van der Waals surface area contributed by atoms with Crippen molar-refractivity contribution in [3.05, 3.63) is 23.8 Å². The van der Waals surface area contributed by atoms with Gasteiger partial charge in [0, 0.05) is 19.6 Å². The molecule has 0 spiro atoms. The molecule has 1 saturated heterocycles. The Labute approximate surface area is 118 Å². The Morgan fingerprint density at radius 1 is 1.30 bits per heavy atom. The second-order valence-electron chi connectivity index (χ2n) is 5.39. The third-order valence-electron chi connectivity index (χ3n) is 3.88. The van der Waals surface area contributed by atoms with Gasteiger partial charge in [0.2, 0.25) is 0 Å². The van der Waals surface area contributed by atoms with E-state index in [1.165, 1.54) is 0 Å². The molecule has 3 rings (SSSR count). The van der Waals surface area contributed by atoms with Gasteiger partial charge in [-0.1, -0.05) is 6.07 Å². The number of likely N-dealkylation sites (tertiary alicyclic amines) is 1. The van der Waals surface area contributed by atoms with Crippen molar-refractivity contribution >= 4 is 0 Å². The molecular weight excluding hydrogens is 261 g/mol. The fraction of sp³-hybridized carbons (Fsp3) is 0.600. The molecule has 1 fully saturated rings. The minimum atomic E-state index is -0.707. The molecule has 1 aromatic rings. The highest BCUT2D eigenvalue weighted by Gasteiger charge is 2.22. The van der Waals surface area contributed by atoms with Crippen LogP contribution in [0.5, 0.6) is 11.5 Å². The van der Waals surface area contributed by atoms with Gasteiger partial charge in [0.15, 0.2) is 11.5 Å². The van der Waals surface area contributed by atoms with Crippen LogP contribution in [0.1, 0.15) is 24.5 Å². The van der Waals surface area contributed by atoms with Crippen molar-refractivity contribution in [3.63, 3.8) is 0 Å². The van der Waals surface area contributed by atoms with Gasteiger partial charge in [0.25, 0.3) is 0 Å². The number of fused-ring (bicyclic) bond motifs is 1. The molecule has 2 aliphatic rings. The number of nitrogens with zero attached hydrogens (tertiary/aromatic N) is 1. The lowest BCUT2D eigenvalue weighted by Crippen LogP contribution is -2.23. The smallest absolute Gasteiger partial charge is 0.161 e. The van der Waals surface area contributed by atoms with Gasteiger partial charge in [-0.15, -0.1) is 0 Å². The molecule has 0 radical (unpaired) electrons. The van der Waals surface area contributed by atoms with Crippen LogP contribution in [0.15, 0.2) is 18.2 Å². The van der Waals surface area contributed by atoms with E-state index < -0.39 is 12.3 Å². The third-order valence-corrected chi connectivity index (χ3v) is 3.88. The topological polar surface area (TPSA) is 41.9 Å². The molecule has 0 unspecified atom stereocenters. The summed E-state index contributed by atoms with van der Waals surface area (Å²) in [5.74, 6) is 1.42. The Kier molecular flexibility index (Phi) is 4.08. The van der Waals surface area contributed by atoms with Crippen molar-refractivity contribution in [1.82, 2.24) is 4.90 Å². The highest BCUT2D eigenvalue weighted by atomic mass is 19.1. The summed E-state index contributed by atoms with van der Waals surface area (Å²) in [5.41, 5.74) is 0.824. The molecule has 0 amide bonds. The standard InChI is InChI=1S/C15H20FNO3/c16-12-3-5-17(10-12)6-4-13(18)11-1-2-14-15(9-11)20-8-7-19-14/h1-2,9,12-13,18H,3-8,10H2/t12-,13+/m1/s1. The Hall–Kier alpha value is -1.33. The van der Waals surface area contributed by atoms with Gasteiger partial charge < -0.3 is 19.5 Å². The first kappa shape index (κ1) is 13.6. The van der Waals surface area contributed by atoms with E-state index in [4.69, 9.17) is 9.47 Å². The van der Waals surface area contributed by atoms with Crippen molar-refractivity contribution in [2.24, 2.45) is 0 Å². The largest absolute Gasteiger partial charge is 0.486 e. The zero-order valence-corrected chi connectivity index (χ0v) is 11.4. The Morgan fingerprint density at radius 2 is 2.10 bits per heavy atom. The SMILES string of the molecule is O[C@@H](CCN1CC[C@@H](F)C1)c1ccc2c(c1)OCCO2. The molecule has 1 N–H and O–H groups in total. The van der Waals surface area contributed by atoms with Gasteiger partial charge in [0.05, 0.1) is 6.10 Å². The van der Waals surface area contributed by atoms with E-state index in [0.717, 1.165) is 24.4 Å². The summed E-state index contributed by atoms with van der Waals surface area (Å²) < 4.78 is 24.0. The Balaban J connectivity index is 1.58. The van der Waals surface area contributed by atoms with Crippen molar-refractivity contribution in [3.8, 4) is 11.5 Å². The van der Waals surface area contributed by atoms with E-state index in [9.17, 15) is 9.50 Å². The summed E-state index contributed by atoms with van der Waals surface area (Å²) in [6.45, 7) is 3.10. The number of rotatable bonds is 4. The fourth-order valence-corrected chi connectivity index (χ4v) is 2.73. The Morgan fingerprint density at radius 3 is 2.85 bits per heavy atom. The zero-order valence-electron chi connectivity index (χ0n) is 11.4. The molecule has 0 saturated carbocycles. The second kappa shape index (κ2) is 5.97. The number of aliphatic hydroxyl groups is 1. The highest BCUT2D eigenvalue weighted by molar-refractivity contribution is 5.44. The molecule has 110 valence electrons. The lowest BCUT2D eigenvalue weighted by atomic mass is 10.1. The van der Waals surface area contributed by atoms with Gasteiger partial charge in [-0.25, -0.2) is 4.39 Å². The van der Waals surface area contributed by atoms with E-state index >= 15 is 0 Å². The minimum Gasteiger partial charge on any atom is -0.486 e. The predicted molar refractivity (Wildman–Crippen MR) is 73.0 cm³/mol. The van der Waals surface area contributed by atoms with Crippen molar-refractivity contribution in [2.45, 2.75) is 25.1 Å². The summed E-state index contributed by atoms with van der Waals surface area (Å²) in [7, 11) is 0. The number of aliphatic hydroxyl groups excluding tert-OH is 1. The number of ether oxygens (including phenoxy) is 2. The maximum Gasteiger partial charge on any atom is 0.161 e. The van der Waals surface area contributed by atoms with Gasteiger partial charge in [-0.05, 0) is 30.5 Å². The zero-order chi connectivity index (χ0) is 13.9. The molecule has 0 aromatic heterocycles. The highest BCUT2D eigenvalue weighted by Crippen LogP contribution is 2.33. The van der Waals surface area contributed by atoms with Crippen LogP contribution in [0.4, 0.5) is 4.39 Å². The van der Waals surface area contributed by atoms with Gasteiger partial charge in [-0.3, -0.25) is 0 Å². The quantitative estimate of drug-likeness (QED) is 0.915. The van der Waals surface area contributed by atoms with E-state index in [1.807, 2.05) is 18.2 Å². The lowest BCUT2D eigenvalue weighted by Gasteiger charge is -2.21. The van der Waals surface area contributed by atoms with E-state index in [2.05, 4.69) is 4.90 Å². The van der Waals surface area contributed by atoms with Crippen LogP contribution >= 0.6 is 0 Å². The lowest BCUT2D eigenvalue weighted by molar-refractivity contribution is 0.144. The van der Waals surface area contributed by atoms with E-state index in [1.54, 1.807) is 0 Å². The number of benzene rings is 1. The first-order valence-corrected chi connectivity index (χ1v) is 7.16. The van der Waals surface area contributed by atoms with Gasteiger partial charge in [-0.2, -0.15) is 0 Å². The van der Waals surface area contributed by atoms with Crippen LogP contribution in [0, 0.1) is 0 Å². The first-order valence-electron chi connectivity index (χ1n) is 7.16. The van der Waals surface area contributed by atoms with Crippen LogP contribution in [0.2, 0.25) is 0 Å². The number of halogens is 1. The molecule has 2 atom stereocenters. The van der Waals surface area contributed by atoms with Crippen molar-refractivity contribution in [1.29, 1.82) is 0 Å². The minimum absolute atomic E-state index is 0.494. The van der Waals surface area contributed by atoms with Crippen LogP contribution in [0.3, 0.4) is 0 Å². The third kappa shape index (κ3) is 3.04. The van der Waals surface area contributed by atoms with Gasteiger partial charge in [0.1, 0.15) is 19.4 Å². The van der Waals surface area contributed by atoms with Gasteiger partial charge >= 0.3 is 0 Å². The van der Waals surface area contributed by atoms with Crippen LogP contribution in [-0.2, 0) is 0 Å². The molecule has 0 aliphatic carbocycles. The molecule has 0 bridgehead atoms. The monoisotopic (exact) mass is 281 g/mol. The Bertz CT molecular complexity index is 468. The average molecular weight is 281 g/mol. The number of alkyl halides is 1. The molecule has 4 nitrogen and oxygen atoms in total. The van der Waals surface area contributed by atoms with E-state index in [0.29, 0.717) is 38.3 Å². The maximum absolute atomic E-state index is 13.1. The summed E-state index contributed by atoms with van der Waals surface area (Å²) in [6.07, 6.45) is -0.0436. The number of hydrogen-bond acceptors (Lipinski definition) is 4. The summed E-state index contributed by atoms with van der Waals surface area (Å²) >= 11 is 0. The van der Waals surface area contributed by atoms with Crippen molar-refractivity contribution < 1.29 is 19.0 Å². The molecule has 2 heterocycles. The average Bonchev–Trinajstić information content (AvgIpc) is 2.90. The summed E-state index contributed by atoms with van der Waals surface area (Å²) in [6, 6.07) is 5.53. The predicted octanol–water partition coefficient (Wildman–Crippen LogP) is 1.93. The molecular formula is C15H20FNO3. The normalized spacial score (nSPS) is 23.8. The molecule has 2 aliphatic heterocycles. The summed E-state index contributed by atoms with van der Waals surface area (Å²) in [5, 5.41) is 10.2. The fourth-order valence-electron chi connectivity index (χ4n) is 2.73. The molecule has 20 heavy (non-hydrogen) atoms. The first-order chi connectivity index (χ1) is 9.72. The second-order valence-corrected chi connectivity index (χ2v) is 5.39. The number of hydrogen-bond donors (Lipinski definition) is 1. The van der Waals surface area contributed by atoms with Crippen molar-refractivity contribution in [2.75, 3.05) is 32.8 Å². The molecule has 1 aromatic carbocycles.